The average molecular weight is 334 g/mol. The molecular formula is C22H26N2O. The monoisotopic (exact) mass is 334 g/mol. The molecule has 0 unspecified atom stereocenters. The van der Waals surface area contributed by atoms with Crippen molar-refractivity contribution in [1.82, 2.24) is 9.55 Å². The quantitative estimate of drug-likeness (QED) is 0.617. The van der Waals surface area contributed by atoms with Gasteiger partial charge in [0.25, 0.3) is 0 Å². The zero-order valence-electron chi connectivity index (χ0n) is 15.3. The molecule has 0 aliphatic heterocycles. The molecule has 3 nitrogen and oxygen atoms in total. The molecule has 0 radical (unpaired) electrons. The van der Waals surface area contributed by atoms with Crippen LogP contribution in [0.3, 0.4) is 0 Å². The number of imidazole rings is 1. The molecule has 0 N–H and O–H groups in total. The van der Waals surface area contributed by atoms with Gasteiger partial charge >= 0.3 is 0 Å². The van der Waals surface area contributed by atoms with Crippen LogP contribution in [-0.4, -0.2) is 16.7 Å². The Hall–Kier alpha value is -2.55. The Kier molecular flexibility index (Phi) is 5.54. The maximum absolute atomic E-state index is 5.47. The van der Waals surface area contributed by atoms with E-state index in [0.29, 0.717) is 5.92 Å². The van der Waals surface area contributed by atoms with E-state index in [1.165, 1.54) is 22.5 Å². The van der Waals surface area contributed by atoms with Crippen molar-refractivity contribution in [3.63, 3.8) is 0 Å². The molecule has 0 saturated carbocycles. The average Bonchev–Trinajstić information content (AvgIpc) is 3.03. The third-order valence-electron chi connectivity index (χ3n) is 4.53. The molecule has 25 heavy (non-hydrogen) atoms. The summed E-state index contributed by atoms with van der Waals surface area (Å²) in [6, 6.07) is 18.8. The number of ether oxygens (including phenoxy) is 1. The molecule has 3 heteroatoms. The molecule has 130 valence electrons. The molecule has 1 heterocycles. The van der Waals surface area contributed by atoms with Gasteiger partial charge in [-0.2, -0.15) is 0 Å². The number of aryl methyl sites for hydroxylation is 2. The number of nitrogens with zero attached hydrogens (tertiary/aromatic N) is 2. The van der Waals surface area contributed by atoms with E-state index < -0.39 is 0 Å². The first kappa shape index (κ1) is 17.3. The van der Waals surface area contributed by atoms with E-state index >= 15 is 0 Å². The molecule has 2 aromatic carbocycles. The van der Waals surface area contributed by atoms with Gasteiger partial charge in [-0.25, -0.2) is 4.98 Å². The lowest BCUT2D eigenvalue weighted by molar-refractivity contribution is 0.408. The van der Waals surface area contributed by atoms with Crippen molar-refractivity contribution in [2.24, 2.45) is 0 Å². The van der Waals surface area contributed by atoms with E-state index in [9.17, 15) is 0 Å². The zero-order valence-corrected chi connectivity index (χ0v) is 15.3. The molecule has 0 fully saturated rings. The summed E-state index contributed by atoms with van der Waals surface area (Å²) < 4.78 is 7.77. The number of rotatable bonds is 7. The third kappa shape index (κ3) is 4.11. The molecule has 0 spiro atoms. The fraction of sp³-hybridized carbons (Fsp3) is 0.318. The van der Waals surface area contributed by atoms with Crippen molar-refractivity contribution < 1.29 is 4.74 Å². The number of methoxy groups -OCH3 is 1. The fourth-order valence-electron chi connectivity index (χ4n) is 3.35. The third-order valence-corrected chi connectivity index (χ3v) is 4.53. The Morgan fingerprint density at radius 2 is 1.72 bits per heavy atom. The molecule has 0 aliphatic carbocycles. The van der Waals surface area contributed by atoms with Crippen molar-refractivity contribution in [3.8, 4) is 5.75 Å². The number of benzene rings is 2. The van der Waals surface area contributed by atoms with Crippen LogP contribution >= 0.6 is 0 Å². The van der Waals surface area contributed by atoms with E-state index in [4.69, 9.17) is 9.72 Å². The summed E-state index contributed by atoms with van der Waals surface area (Å²) in [5.41, 5.74) is 5.05. The number of para-hydroxylation sites is 1. The minimum absolute atomic E-state index is 0.443. The molecule has 0 bridgehead atoms. The van der Waals surface area contributed by atoms with Gasteiger partial charge in [0, 0.05) is 18.7 Å². The number of hydrogen-bond acceptors (Lipinski definition) is 2. The van der Waals surface area contributed by atoms with Gasteiger partial charge in [0.1, 0.15) is 5.75 Å². The SMILES string of the molecule is COc1ccccc1CCn1cnc(Cc2ccccc2)c1C(C)C. The molecule has 3 rings (SSSR count). The summed E-state index contributed by atoms with van der Waals surface area (Å²) in [7, 11) is 1.73. The summed E-state index contributed by atoms with van der Waals surface area (Å²) in [4.78, 5) is 4.72. The van der Waals surface area contributed by atoms with E-state index in [1.807, 2.05) is 18.5 Å². The summed E-state index contributed by atoms with van der Waals surface area (Å²) in [6.07, 6.45) is 3.81. The van der Waals surface area contributed by atoms with Crippen LogP contribution in [0.2, 0.25) is 0 Å². The topological polar surface area (TPSA) is 27.1 Å². The van der Waals surface area contributed by atoms with E-state index in [0.717, 1.165) is 25.1 Å². The second kappa shape index (κ2) is 8.02. The molecule has 3 aromatic rings. The van der Waals surface area contributed by atoms with Crippen molar-refractivity contribution in [2.75, 3.05) is 7.11 Å². The van der Waals surface area contributed by atoms with E-state index in [1.54, 1.807) is 7.11 Å². The molecule has 1 aromatic heterocycles. The van der Waals surface area contributed by atoms with Gasteiger partial charge in [-0.05, 0) is 29.5 Å². The summed E-state index contributed by atoms with van der Waals surface area (Å²) in [5, 5.41) is 0. The standard InChI is InChI=1S/C22H26N2O/c1-17(2)22-20(15-18-9-5-4-6-10-18)23-16-24(22)14-13-19-11-7-8-12-21(19)25-3/h4-12,16-17H,13-15H2,1-3H3. The highest BCUT2D eigenvalue weighted by Gasteiger charge is 2.15. The summed E-state index contributed by atoms with van der Waals surface area (Å²) in [5.74, 6) is 1.40. The second-order valence-corrected chi connectivity index (χ2v) is 6.65. The number of aromatic nitrogens is 2. The molecular weight excluding hydrogens is 308 g/mol. The first-order valence-corrected chi connectivity index (χ1v) is 8.88. The predicted molar refractivity (Wildman–Crippen MR) is 102 cm³/mol. The Morgan fingerprint density at radius 1 is 1.00 bits per heavy atom. The van der Waals surface area contributed by atoms with Crippen LogP contribution in [0.1, 0.15) is 42.3 Å². The Morgan fingerprint density at radius 3 is 2.44 bits per heavy atom. The lowest BCUT2D eigenvalue weighted by Gasteiger charge is -2.14. The Balaban J connectivity index is 1.80. The van der Waals surface area contributed by atoms with Gasteiger partial charge in [0.05, 0.1) is 19.1 Å². The molecule has 0 atom stereocenters. The van der Waals surface area contributed by atoms with Gasteiger partial charge < -0.3 is 9.30 Å². The van der Waals surface area contributed by atoms with E-state index in [-0.39, 0.29) is 0 Å². The first-order chi connectivity index (χ1) is 12.2. The summed E-state index contributed by atoms with van der Waals surface area (Å²) >= 11 is 0. The molecule has 0 saturated heterocycles. The fourth-order valence-corrected chi connectivity index (χ4v) is 3.35. The largest absolute Gasteiger partial charge is 0.496 e. The second-order valence-electron chi connectivity index (χ2n) is 6.65. The van der Waals surface area contributed by atoms with Crippen LogP contribution in [0.5, 0.6) is 5.75 Å². The van der Waals surface area contributed by atoms with Crippen LogP contribution in [0.15, 0.2) is 60.9 Å². The van der Waals surface area contributed by atoms with Gasteiger partial charge in [-0.15, -0.1) is 0 Å². The van der Waals surface area contributed by atoms with Crippen LogP contribution in [-0.2, 0) is 19.4 Å². The highest BCUT2D eigenvalue weighted by molar-refractivity contribution is 5.33. The lowest BCUT2D eigenvalue weighted by Crippen LogP contribution is -2.08. The van der Waals surface area contributed by atoms with Gasteiger partial charge in [-0.3, -0.25) is 0 Å². The molecule has 0 aliphatic rings. The first-order valence-electron chi connectivity index (χ1n) is 8.88. The molecule has 0 amide bonds. The van der Waals surface area contributed by atoms with Crippen molar-refractivity contribution in [2.45, 2.75) is 39.2 Å². The number of hydrogen-bond donors (Lipinski definition) is 0. The smallest absolute Gasteiger partial charge is 0.122 e. The predicted octanol–water partition coefficient (Wildman–Crippen LogP) is 4.85. The highest BCUT2D eigenvalue weighted by atomic mass is 16.5. The minimum atomic E-state index is 0.443. The van der Waals surface area contributed by atoms with Gasteiger partial charge in [0.15, 0.2) is 0 Å². The Labute approximate surface area is 150 Å². The maximum atomic E-state index is 5.47. The lowest BCUT2D eigenvalue weighted by atomic mass is 10.0. The highest BCUT2D eigenvalue weighted by Crippen LogP contribution is 2.23. The van der Waals surface area contributed by atoms with Crippen molar-refractivity contribution >= 4 is 0 Å². The van der Waals surface area contributed by atoms with Gasteiger partial charge in [0.2, 0.25) is 0 Å². The van der Waals surface area contributed by atoms with Crippen LogP contribution in [0.4, 0.5) is 0 Å². The van der Waals surface area contributed by atoms with E-state index in [2.05, 4.69) is 60.9 Å². The van der Waals surface area contributed by atoms with Crippen molar-refractivity contribution in [1.29, 1.82) is 0 Å². The normalized spacial score (nSPS) is 11.0. The van der Waals surface area contributed by atoms with Crippen LogP contribution in [0.25, 0.3) is 0 Å². The minimum Gasteiger partial charge on any atom is -0.496 e. The Bertz CT molecular complexity index is 806. The zero-order chi connectivity index (χ0) is 17.6. The van der Waals surface area contributed by atoms with Crippen LogP contribution in [0, 0.1) is 0 Å². The van der Waals surface area contributed by atoms with Gasteiger partial charge in [-0.1, -0.05) is 62.4 Å². The van der Waals surface area contributed by atoms with Crippen molar-refractivity contribution in [3.05, 3.63) is 83.4 Å². The summed E-state index contributed by atoms with van der Waals surface area (Å²) in [6.45, 7) is 5.39. The van der Waals surface area contributed by atoms with Crippen LogP contribution < -0.4 is 4.74 Å². The maximum Gasteiger partial charge on any atom is 0.122 e.